The number of benzene rings is 2. The minimum atomic E-state index is -0.297. The molecule has 1 aromatic heterocycles. The van der Waals surface area contributed by atoms with Gasteiger partial charge < -0.3 is 10.1 Å². The van der Waals surface area contributed by atoms with Crippen LogP contribution in [0.5, 0.6) is 5.88 Å². The zero-order valence-corrected chi connectivity index (χ0v) is 14.3. The zero-order chi connectivity index (χ0) is 18.4. The molecule has 0 aliphatic carbocycles. The second-order valence-electron chi connectivity index (χ2n) is 5.68. The predicted octanol–water partition coefficient (Wildman–Crippen LogP) is 3.40. The van der Waals surface area contributed by atoms with Crippen LogP contribution in [0.2, 0.25) is 0 Å². The first-order chi connectivity index (χ1) is 12.6. The van der Waals surface area contributed by atoms with E-state index in [-0.39, 0.29) is 18.3 Å². The van der Waals surface area contributed by atoms with Crippen LogP contribution in [0, 0.1) is 12.7 Å². The zero-order valence-electron chi connectivity index (χ0n) is 14.3. The smallest absolute Gasteiger partial charge is 0.251 e. The Kier molecular flexibility index (Phi) is 5.53. The average Bonchev–Trinajstić information content (AvgIpc) is 2.66. The number of hydrogen-bond donors (Lipinski definition) is 1. The fourth-order valence-corrected chi connectivity index (χ4v) is 2.41. The van der Waals surface area contributed by atoms with E-state index >= 15 is 0 Å². The summed E-state index contributed by atoms with van der Waals surface area (Å²) in [5.41, 5.74) is 2.98. The topological polar surface area (TPSA) is 64.1 Å². The van der Waals surface area contributed by atoms with Crippen molar-refractivity contribution in [3.63, 3.8) is 0 Å². The number of nitrogens with zero attached hydrogens (tertiary/aromatic N) is 2. The van der Waals surface area contributed by atoms with E-state index in [2.05, 4.69) is 15.5 Å². The maximum Gasteiger partial charge on any atom is 0.251 e. The van der Waals surface area contributed by atoms with Gasteiger partial charge in [0.15, 0.2) is 0 Å². The van der Waals surface area contributed by atoms with Gasteiger partial charge in [0.25, 0.3) is 5.91 Å². The summed E-state index contributed by atoms with van der Waals surface area (Å²) in [5.74, 6) is -0.0696. The molecule has 0 saturated carbocycles. The number of ether oxygens (including phenoxy) is 1. The van der Waals surface area contributed by atoms with Gasteiger partial charge in [-0.2, -0.15) is 0 Å². The van der Waals surface area contributed by atoms with Crippen molar-refractivity contribution in [3.8, 4) is 17.1 Å². The fraction of sp³-hybridized carbons (Fsp3) is 0.150. The number of hydrogen-bond acceptors (Lipinski definition) is 4. The van der Waals surface area contributed by atoms with Gasteiger partial charge in [-0.25, -0.2) is 4.39 Å². The van der Waals surface area contributed by atoms with Crippen molar-refractivity contribution >= 4 is 5.91 Å². The van der Waals surface area contributed by atoms with Crippen LogP contribution in [-0.4, -0.2) is 29.3 Å². The van der Waals surface area contributed by atoms with Crippen LogP contribution in [-0.2, 0) is 0 Å². The Labute approximate surface area is 150 Å². The maximum atomic E-state index is 12.9. The molecule has 3 aromatic rings. The summed E-state index contributed by atoms with van der Waals surface area (Å²) in [6, 6.07) is 16.9. The minimum Gasteiger partial charge on any atom is -0.475 e. The van der Waals surface area contributed by atoms with Gasteiger partial charge in [-0.15, -0.1) is 10.2 Å². The van der Waals surface area contributed by atoms with Crippen molar-refractivity contribution in [1.29, 1.82) is 0 Å². The summed E-state index contributed by atoms with van der Waals surface area (Å²) in [5, 5.41) is 10.9. The SMILES string of the molecule is Cc1ccccc1C(=O)NCCOc1ccc(-c2ccc(F)cc2)nn1. The lowest BCUT2D eigenvalue weighted by molar-refractivity contribution is 0.0946. The highest BCUT2D eigenvalue weighted by Gasteiger charge is 2.07. The molecule has 1 heterocycles. The summed E-state index contributed by atoms with van der Waals surface area (Å²) in [6.07, 6.45) is 0. The molecule has 1 amide bonds. The van der Waals surface area contributed by atoms with E-state index < -0.39 is 0 Å². The number of halogens is 1. The Bertz CT molecular complexity index is 880. The summed E-state index contributed by atoms with van der Waals surface area (Å²) in [4.78, 5) is 12.1. The lowest BCUT2D eigenvalue weighted by atomic mass is 10.1. The molecule has 3 rings (SSSR count). The van der Waals surface area contributed by atoms with Crippen LogP contribution in [0.15, 0.2) is 60.7 Å². The molecule has 1 N–H and O–H groups in total. The highest BCUT2D eigenvalue weighted by molar-refractivity contribution is 5.95. The van der Waals surface area contributed by atoms with E-state index in [4.69, 9.17) is 4.74 Å². The predicted molar refractivity (Wildman–Crippen MR) is 96.4 cm³/mol. The average molecular weight is 351 g/mol. The van der Waals surface area contributed by atoms with Crippen molar-refractivity contribution in [3.05, 3.63) is 77.6 Å². The van der Waals surface area contributed by atoms with Gasteiger partial charge in [-0.1, -0.05) is 18.2 Å². The van der Waals surface area contributed by atoms with E-state index in [0.29, 0.717) is 23.7 Å². The molecule has 0 unspecified atom stereocenters. The molecule has 6 heteroatoms. The Morgan fingerprint density at radius 3 is 2.50 bits per heavy atom. The van der Waals surface area contributed by atoms with Crippen LogP contribution >= 0.6 is 0 Å². The monoisotopic (exact) mass is 351 g/mol. The number of aryl methyl sites for hydroxylation is 1. The molecule has 132 valence electrons. The van der Waals surface area contributed by atoms with Crippen molar-refractivity contribution in [2.45, 2.75) is 6.92 Å². The largest absolute Gasteiger partial charge is 0.475 e. The number of amides is 1. The lowest BCUT2D eigenvalue weighted by Gasteiger charge is -2.08. The van der Waals surface area contributed by atoms with Gasteiger partial charge in [-0.3, -0.25) is 4.79 Å². The molecule has 0 saturated heterocycles. The second kappa shape index (κ2) is 8.20. The molecule has 0 fully saturated rings. The van der Waals surface area contributed by atoms with Gasteiger partial charge in [0.05, 0.1) is 12.2 Å². The number of carbonyl (C=O) groups is 1. The van der Waals surface area contributed by atoms with Gasteiger partial charge in [-0.05, 0) is 48.9 Å². The third kappa shape index (κ3) is 4.42. The number of aromatic nitrogens is 2. The maximum absolute atomic E-state index is 12.9. The van der Waals surface area contributed by atoms with Crippen LogP contribution in [0.1, 0.15) is 15.9 Å². The lowest BCUT2D eigenvalue weighted by Crippen LogP contribution is -2.28. The molecule has 0 aliphatic heterocycles. The van der Waals surface area contributed by atoms with Crippen LogP contribution in [0.25, 0.3) is 11.3 Å². The Morgan fingerprint density at radius 2 is 1.81 bits per heavy atom. The highest BCUT2D eigenvalue weighted by Crippen LogP contribution is 2.18. The number of nitrogens with one attached hydrogen (secondary N) is 1. The molecule has 0 bridgehead atoms. The fourth-order valence-electron chi connectivity index (χ4n) is 2.41. The van der Waals surface area contributed by atoms with E-state index in [0.717, 1.165) is 11.1 Å². The van der Waals surface area contributed by atoms with E-state index in [9.17, 15) is 9.18 Å². The van der Waals surface area contributed by atoms with Crippen molar-refractivity contribution in [2.75, 3.05) is 13.2 Å². The van der Waals surface area contributed by atoms with Crippen LogP contribution in [0.4, 0.5) is 4.39 Å². The first-order valence-corrected chi connectivity index (χ1v) is 8.20. The molecule has 5 nitrogen and oxygen atoms in total. The van der Waals surface area contributed by atoms with E-state index in [1.165, 1.54) is 12.1 Å². The Hall–Kier alpha value is -3.28. The standard InChI is InChI=1S/C20H18FN3O2/c1-14-4-2-3-5-17(14)20(25)22-12-13-26-19-11-10-18(23-24-19)15-6-8-16(21)9-7-15/h2-11H,12-13H2,1H3,(H,22,25). The Morgan fingerprint density at radius 1 is 1.04 bits per heavy atom. The van der Waals surface area contributed by atoms with E-state index in [1.54, 1.807) is 30.3 Å². The number of carbonyl (C=O) groups excluding carboxylic acids is 1. The number of rotatable bonds is 6. The van der Waals surface area contributed by atoms with Crippen LogP contribution < -0.4 is 10.1 Å². The molecular formula is C20H18FN3O2. The molecular weight excluding hydrogens is 333 g/mol. The summed E-state index contributed by atoms with van der Waals surface area (Å²) in [6.45, 7) is 2.53. The normalized spacial score (nSPS) is 10.4. The molecule has 0 atom stereocenters. The second-order valence-corrected chi connectivity index (χ2v) is 5.68. The third-order valence-corrected chi connectivity index (χ3v) is 3.81. The summed E-state index contributed by atoms with van der Waals surface area (Å²) < 4.78 is 18.4. The third-order valence-electron chi connectivity index (χ3n) is 3.81. The van der Waals surface area contributed by atoms with E-state index in [1.807, 2.05) is 25.1 Å². The highest BCUT2D eigenvalue weighted by atomic mass is 19.1. The Balaban J connectivity index is 1.49. The quantitative estimate of drug-likeness (QED) is 0.692. The van der Waals surface area contributed by atoms with Crippen molar-refractivity contribution in [2.24, 2.45) is 0 Å². The van der Waals surface area contributed by atoms with Gasteiger partial charge in [0.2, 0.25) is 5.88 Å². The van der Waals surface area contributed by atoms with Gasteiger partial charge in [0.1, 0.15) is 12.4 Å². The molecule has 0 aliphatic rings. The molecule has 2 aromatic carbocycles. The summed E-state index contributed by atoms with van der Waals surface area (Å²) in [7, 11) is 0. The molecule has 0 spiro atoms. The molecule has 0 radical (unpaired) electrons. The van der Waals surface area contributed by atoms with Crippen molar-refractivity contribution in [1.82, 2.24) is 15.5 Å². The van der Waals surface area contributed by atoms with Gasteiger partial charge in [0, 0.05) is 17.2 Å². The first kappa shape index (κ1) is 17.5. The molecule has 26 heavy (non-hydrogen) atoms. The van der Waals surface area contributed by atoms with Gasteiger partial charge >= 0.3 is 0 Å². The summed E-state index contributed by atoms with van der Waals surface area (Å²) >= 11 is 0. The minimum absolute atomic E-state index is 0.135. The van der Waals surface area contributed by atoms with Crippen molar-refractivity contribution < 1.29 is 13.9 Å². The first-order valence-electron chi connectivity index (χ1n) is 8.20. The van der Waals surface area contributed by atoms with Crippen LogP contribution in [0.3, 0.4) is 0 Å².